The summed E-state index contributed by atoms with van der Waals surface area (Å²) in [5.41, 5.74) is 6.66. The van der Waals surface area contributed by atoms with Crippen molar-refractivity contribution in [3.8, 4) is 0 Å². The van der Waals surface area contributed by atoms with Crippen molar-refractivity contribution >= 4 is 29.2 Å². The third-order valence-electron chi connectivity index (χ3n) is 3.41. The second kappa shape index (κ2) is 6.78. The average molecular weight is 312 g/mol. The van der Waals surface area contributed by atoms with E-state index in [4.69, 9.17) is 17.3 Å². The maximum Gasteiger partial charge on any atom is 0.319 e. The van der Waals surface area contributed by atoms with Crippen molar-refractivity contribution in [3.63, 3.8) is 0 Å². The number of hydrogen-bond acceptors (Lipinski definition) is 5. The first-order valence-corrected chi connectivity index (χ1v) is 7.02. The first kappa shape index (κ1) is 15.6. The Hall–Kier alpha value is -1.79. The molecule has 0 bridgehead atoms. The number of esters is 1. The lowest BCUT2D eigenvalue weighted by Gasteiger charge is -2.34. The van der Waals surface area contributed by atoms with Gasteiger partial charge in [-0.2, -0.15) is 0 Å². The second-order valence-corrected chi connectivity index (χ2v) is 5.35. The lowest BCUT2D eigenvalue weighted by molar-refractivity contribution is -0.142. The van der Waals surface area contributed by atoms with Crippen LogP contribution in [0.1, 0.15) is 10.4 Å². The predicted molar refractivity (Wildman–Crippen MR) is 80.2 cm³/mol. The fourth-order valence-corrected chi connectivity index (χ4v) is 2.52. The van der Waals surface area contributed by atoms with Crippen LogP contribution in [0.5, 0.6) is 0 Å². The van der Waals surface area contributed by atoms with Gasteiger partial charge in [0.2, 0.25) is 0 Å². The lowest BCUT2D eigenvalue weighted by atomic mass is 10.1. The van der Waals surface area contributed by atoms with Gasteiger partial charge in [0.15, 0.2) is 0 Å². The Labute approximate surface area is 128 Å². The number of halogens is 1. The highest BCUT2D eigenvalue weighted by molar-refractivity contribution is 6.31. The Balaban J connectivity index is 1.95. The smallest absolute Gasteiger partial charge is 0.319 e. The van der Waals surface area contributed by atoms with Crippen molar-refractivity contribution in [1.82, 2.24) is 9.80 Å². The molecule has 1 amide bonds. The number of nitrogen functional groups attached to an aromatic ring is 1. The third kappa shape index (κ3) is 4.09. The molecule has 1 aliphatic heterocycles. The van der Waals surface area contributed by atoms with Gasteiger partial charge in [0.05, 0.1) is 13.7 Å². The molecule has 0 aromatic heterocycles. The second-order valence-electron chi connectivity index (χ2n) is 4.92. The van der Waals surface area contributed by atoms with E-state index in [1.165, 1.54) is 7.11 Å². The number of anilines is 1. The van der Waals surface area contributed by atoms with Crippen molar-refractivity contribution < 1.29 is 14.3 Å². The van der Waals surface area contributed by atoms with E-state index in [0.717, 1.165) is 0 Å². The monoisotopic (exact) mass is 311 g/mol. The molecule has 1 heterocycles. The van der Waals surface area contributed by atoms with Gasteiger partial charge in [0.1, 0.15) is 0 Å². The molecule has 0 atom stereocenters. The number of ether oxygens (including phenoxy) is 1. The molecule has 0 saturated carbocycles. The maximum atomic E-state index is 12.4. The highest BCUT2D eigenvalue weighted by Gasteiger charge is 2.23. The zero-order chi connectivity index (χ0) is 15.4. The Morgan fingerprint density at radius 1 is 1.24 bits per heavy atom. The largest absolute Gasteiger partial charge is 0.468 e. The standard InChI is InChI=1S/C14H18ClN3O3/c1-21-13(19)9-17-2-4-18(5-3-17)14(20)10-6-11(15)8-12(16)7-10/h6-8H,2-5,9,16H2,1H3. The Morgan fingerprint density at radius 2 is 1.90 bits per heavy atom. The van der Waals surface area contributed by atoms with E-state index in [9.17, 15) is 9.59 Å². The number of nitrogens with two attached hydrogens (primary N) is 1. The van der Waals surface area contributed by atoms with E-state index in [-0.39, 0.29) is 18.4 Å². The van der Waals surface area contributed by atoms with Crippen molar-refractivity contribution in [2.75, 3.05) is 45.6 Å². The van der Waals surface area contributed by atoms with Crippen molar-refractivity contribution in [2.24, 2.45) is 0 Å². The summed E-state index contributed by atoms with van der Waals surface area (Å²) in [7, 11) is 1.37. The Bertz CT molecular complexity index is 522. The third-order valence-corrected chi connectivity index (χ3v) is 3.63. The summed E-state index contributed by atoms with van der Waals surface area (Å²) in [5.74, 6) is -0.362. The van der Waals surface area contributed by atoms with Crippen molar-refractivity contribution in [2.45, 2.75) is 0 Å². The van der Waals surface area contributed by atoms with Gasteiger partial charge in [-0.1, -0.05) is 11.6 Å². The summed E-state index contributed by atoms with van der Waals surface area (Å²) >= 11 is 5.92. The zero-order valence-electron chi connectivity index (χ0n) is 11.8. The lowest BCUT2D eigenvalue weighted by Crippen LogP contribution is -2.50. The van der Waals surface area contributed by atoms with Gasteiger partial charge in [-0.3, -0.25) is 14.5 Å². The minimum Gasteiger partial charge on any atom is -0.468 e. The van der Waals surface area contributed by atoms with Crippen molar-refractivity contribution in [3.05, 3.63) is 28.8 Å². The molecule has 1 aromatic rings. The Morgan fingerprint density at radius 3 is 2.48 bits per heavy atom. The molecule has 1 saturated heterocycles. The van der Waals surface area contributed by atoms with Crippen LogP contribution in [-0.4, -0.2) is 61.5 Å². The van der Waals surface area contributed by atoms with Crippen LogP contribution in [-0.2, 0) is 9.53 Å². The molecule has 7 heteroatoms. The number of nitrogens with zero attached hydrogens (tertiary/aromatic N) is 2. The molecule has 0 radical (unpaired) electrons. The minimum absolute atomic E-state index is 0.0954. The number of carbonyl (C=O) groups excluding carboxylic acids is 2. The quantitative estimate of drug-likeness (QED) is 0.661. The first-order valence-electron chi connectivity index (χ1n) is 6.64. The van der Waals surface area contributed by atoms with E-state index in [2.05, 4.69) is 4.74 Å². The highest BCUT2D eigenvalue weighted by Crippen LogP contribution is 2.18. The normalized spacial score (nSPS) is 15.8. The summed E-state index contributed by atoms with van der Waals surface area (Å²) in [5, 5.41) is 0.447. The highest BCUT2D eigenvalue weighted by atomic mass is 35.5. The summed E-state index contributed by atoms with van der Waals surface area (Å²) in [6.45, 7) is 2.64. The summed E-state index contributed by atoms with van der Waals surface area (Å²) < 4.78 is 4.63. The molecular weight excluding hydrogens is 294 g/mol. The van der Waals surface area contributed by atoms with Crippen LogP contribution in [0, 0.1) is 0 Å². The van der Waals surface area contributed by atoms with Gasteiger partial charge in [0, 0.05) is 42.5 Å². The van der Waals surface area contributed by atoms with Gasteiger partial charge >= 0.3 is 5.97 Å². The van der Waals surface area contributed by atoms with Crippen LogP contribution < -0.4 is 5.73 Å². The van der Waals surface area contributed by atoms with Gasteiger partial charge in [-0.15, -0.1) is 0 Å². The molecule has 21 heavy (non-hydrogen) atoms. The molecule has 0 unspecified atom stereocenters. The maximum absolute atomic E-state index is 12.4. The molecule has 1 aromatic carbocycles. The first-order chi connectivity index (χ1) is 9.99. The van der Waals surface area contributed by atoms with Crippen LogP contribution in [0.2, 0.25) is 5.02 Å². The average Bonchev–Trinajstić information content (AvgIpc) is 2.46. The summed E-state index contributed by atoms with van der Waals surface area (Å²) in [6, 6.07) is 4.84. The zero-order valence-corrected chi connectivity index (χ0v) is 12.6. The molecule has 1 aliphatic rings. The van der Waals surface area contributed by atoms with Gasteiger partial charge in [-0.05, 0) is 18.2 Å². The van der Waals surface area contributed by atoms with Gasteiger partial charge < -0.3 is 15.4 Å². The Kier molecular flexibility index (Phi) is 5.03. The van der Waals surface area contributed by atoms with Crippen molar-refractivity contribution in [1.29, 1.82) is 0 Å². The number of rotatable bonds is 3. The fourth-order valence-electron chi connectivity index (χ4n) is 2.27. The van der Waals surface area contributed by atoms with E-state index in [1.54, 1.807) is 23.1 Å². The van der Waals surface area contributed by atoms with Crippen LogP contribution in [0.4, 0.5) is 5.69 Å². The molecule has 2 rings (SSSR count). The van der Waals surface area contributed by atoms with Crippen LogP contribution in [0.25, 0.3) is 0 Å². The van der Waals surface area contributed by atoms with E-state index < -0.39 is 0 Å². The van der Waals surface area contributed by atoms with E-state index >= 15 is 0 Å². The number of amides is 1. The molecule has 1 fully saturated rings. The molecule has 0 aliphatic carbocycles. The molecular formula is C14H18ClN3O3. The van der Waals surface area contributed by atoms with E-state index in [1.807, 2.05) is 4.90 Å². The van der Waals surface area contributed by atoms with Crippen LogP contribution >= 0.6 is 11.6 Å². The van der Waals surface area contributed by atoms with Crippen LogP contribution in [0.15, 0.2) is 18.2 Å². The minimum atomic E-state index is -0.266. The number of carbonyl (C=O) groups is 2. The molecule has 114 valence electrons. The topological polar surface area (TPSA) is 75.9 Å². The molecule has 6 nitrogen and oxygen atoms in total. The number of hydrogen-bond donors (Lipinski definition) is 1. The predicted octanol–water partition coefficient (Wildman–Crippen LogP) is 0.853. The summed E-state index contributed by atoms with van der Waals surface area (Å²) in [4.78, 5) is 27.3. The van der Waals surface area contributed by atoms with E-state index in [0.29, 0.717) is 42.5 Å². The molecule has 0 spiro atoms. The molecule has 2 N–H and O–H groups in total. The number of piperazine rings is 1. The number of benzene rings is 1. The van der Waals surface area contributed by atoms with Crippen LogP contribution in [0.3, 0.4) is 0 Å². The van der Waals surface area contributed by atoms with Gasteiger partial charge in [-0.25, -0.2) is 0 Å². The van der Waals surface area contributed by atoms with Gasteiger partial charge in [0.25, 0.3) is 5.91 Å². The SMILES string of the molecule is COC(=O)CN1CCN(C(=O)c2cc(N)cc(Cl)c2)CC1. The number of methoxy groups -OCH3 is 1. The summed E-state index contributed by atoms with van der Waals surface area (Å²) in [6.07, 6.45) is 0. The fraction of sp³-hybridized carbons (Fsp3) is 0.429.